The van der Waals surface area contributed by atoms with E-state index >= 15 is 0 Å². The van der Waals surface area contributed by atoms with Gasteiger partial charge in [-0.2, -0.15) is 5.10 Å². The lowest BCUT2D eigenvalue weighted by Gasteiger charge is -2.31. The average molecular weight is 250 g/mol. The highest BCUT2D eigenvalue weighted by atomic mass is 15.3. The van der Waals surface area contributed by atoms with E-state index in [0.29, 0.717) is 6.04 Å². The first-order valence-corrected chi connectivity index (χ1v) is 7.32. The monoisotopic (exact) mass is 250 g/mol. The minimum atomic E-state index is 0.551. The van der Waals surface area contributed by atoms with Crippen LogP contribution < -0.4 is 5.32 Å². The Morgan fingerprint density at radius 1 is 1.28 bits per heavy atom. The Labute approximate surface area is 110 Å². The van der Waals surface area contributed by atoms with E-state index in [1.165, 1.54) is 32.1 Å². The van der Waals surface area contributed by atoms with Crippen LogP contribution in [0.5, 0.6) is 0 Å². The van der Waals surface area contributed by atoms with Crippen LogP contribution >= 0.6 is 0 Å². The van der Waals surface area contributed by atoms with E-state index in [1.807, 2.05) is 13.8 Å². The summed E-state index contributed by atoms with van der Waals surface area (Å²) in [6.07, 6.45) is 6.93. The van der Waals surface area contributed by atoms with Crippen molar-refractivity contribution >= 4 is 0 Å². The number of hydrogen-bond acceptors (Lipinski definition) is 3. The van der Waals surface area contributed by atoms with Gasteiger partial charge in [-0.25, -0.2) is 9.67 Å². The number of aromatic nitrogens is 3. The highest BCUT2D eigenvalue weighted by Gasteiger charge is 2.24. The summed E-state index contributed by atoms with van der Waals surface area (Å²) in [6.45, 7) is 8.20. The lowest BCUT2D eigenvalue weighted by molar-refractivity contribution is 0.243. The Morgan fingerprint density at radius 2 is 2.00 bits per heavy atom. The standard InChI is InChI=1S/C14H26N4/c1-4-15-14(13-8-6-5-7-9-13)10-18-12(3)16-11(2)17-18/h13-15H,4-10H2,1-3H3. The zero-order chi connectivity index (χ0) is 13.0. The summed E-state index contributed by atoms with van der Waals surface area (Å²) >= 11 is 0. The normalized spacial score (nSPS) is 19.1. The third-order valence-corrected chi connectivity index (χ3v) is 4.02. The van der Waals surface area contributed by atoms with E-state index in [2.05, 4.69) is 27.0 Å². The Bertz CT molecular complexity index is 366. The van der Waals surface area contributed by atoms with Gasteiger partial charge in [0.1, 0.15) is 11.6 Å². The Kier molecular flexibility index (Phi) is 4.75. The van der Waals surface area contributed by atoms with Gasteiger partial charge in [-0.1, -0.05) is 26.2 Å². The molecule has 1 aromatic heterocycles. The van der Waals surface area contributed by atoms with Crippen LogP contribution in [0.4, 0.5) is 0 Å². The molecule has 1 atom stereocenters. The average Bonchev–Trinajstić information content (AvgIpc) is 2.68. The van der Waals surface area contributed by atoms with Crippen molar-refractivity contribution < 1.29 is 0 Å². The second-order valence-corrected chi connectivity index (χ2v) is 5.45. The number of nitrogens with zero attached hydrogens (tertiary/aromatic N) is 3. The van der Waals surface area contributed by atoms with Crippen molar-refractivity contribution in [3.63, 3.8) is 0 Å². The van der Waals surface area contributed by atoms with E-state index < -0.39 is 0 Å². The van der Waals surface area contributed by atoms with Crippen LogP contribution in [0, 0.1) is 19.8 Å². The van der Waals surface area contributed by atoms with E-state index in [4.69, 9.17) is 0 Å². The van der Waals surface area contributed by atoms with Gasteiger partial charge in [0.05, 0.1) is 6.54 Å². The molecule has 1 fully saturated rings. The quantitative estimate of drug-likeness (QED) is 0.873. The Balaban J connectivity index is 2.02. The summed E-state index contributed by atoms with van der Waals surface area (Å²) in [4.78, 5) is 4.39. The first-order valence-electron chi connectivity index (χ1n) is 7.32. The van der Waals surface area contributed by atoms with E-state index in [-0.39, 0.29) is 0 Å². The molecule has 18 heavy (non-hydrogen) atoms. The zero-order valence-electron chi connectivity index (χ0n) is 11.9. The van der Waals surface area contributed by atoms with Crippen molar-refractivity contribution in [2.24, 2.45) is 5.92 Å². The van der Waals surface area contributed by atoms with E-state index in [9.17, 15) is 0 Å². The predicted octanol–water partition coefficient (Wildman–Crippen LogP) is 2.45. The summed E-state index contributed by atoms with van der Waals surface area (Å²) in [6, 6.07) is 0.551. The lowest BCUT2D eigenvalue weighted by Crippen LogP contribution is -2.41. The summed E-state index contributed by atoms with van der Waals surface area (Å²) in [5.74, 6) is 2.72. The fraction of sp³-hybridized carbons (Fsp3) is 0.857. The second kappa shape index (κ2) is 6.32. The summed E-state index contributed by atoms with van der Waals surface area (Å²) < 4.78 is 2.07. The minimum absolute atomic E-state index is 0.551. The number of nitrogens with one attached hydrogen (secondary N) is 1. The molecule has 4 heteroatoms. The van der Waals surface area contributed by atoms with Gasteiger partial charge >= 0.3 is 0 Å². The van der Waals surface area contributed by atoms with Crippen molar-refractivity contribution in [2.45, 2.75) is 65.5 Å². The number of aryl methyl sites for hydroxylation is 2. The molecule has 1 unspecified atom stereocenters. The van der Waals surface area contributed by atoms with E-state index in [0.717, 1.165) is 30.7 Å². The molecule has 0 aromatic carbocycles. The highest BCUT2D eigenvalue weighted by molar-refractivity contribution is 4.90. The Morgan fingerprint density at radius 3 is 2.56 bits per heavy atom. The van der Waals surface area contributed by atoms with Crippen LogP contribution in [0.2, 0.25) is 0 Å². The molecule has 0 aliphatic heterocycles. The van der Waals surface area contributed by atoms with Gasteiger partial charge in [0, 0.05) is 6.04 Å². The van der Waals surface area contributed by atoms with Crippen LogP contribution in [0.25, 0.3) is 0 Å². The SMILES string of the molecule is CCNC(Cn1nc(C)nc1C)C1CCCCC1. The van der Waals surface area contributed by atoms with Crippen LogP contribution in [0.1, 0.15) is 50.7 Å². The molecule has 2 rings (SSSR count). The zero-order valence-corrected chi connectivity index (χ0v) is 11.9. The number of hydrogen-bond donors (Lipinski definition) is 1. The van der Waals surface area contributed by atoms with Gasteiger partial charge < -0.3 is 5.32 Å². The molecule has 0 spiro atoms. The van der Waals surface area contributed by atoms with Crippen molar-refractivity contribution in [1.29, 1.82) is 0 Å². The topological polar surface area (TPSA) is 42.7 Å². The molecule has 1 heterocycles. The molecular formula is C14H26N4. The maximum absolute atomic E-state index is 4.49. The molecule has 0 bridgehead atoms. The van der Waals surface area contributed by atoms with Crippen LogP contribution in [0.15, 0.2) is 0 Å². The smallest absolute Gasteiger partial charge is 0.147 e. The molecular weight excluding hydrogens is 224 g/mol. The molecule has 1 aliphatic carbocycles. The van der Waals surface area contributed by atoms with Gasteiger partial charge in [-0.05, 0) is 39.2 Å². The first kappa shape index (κ1) is 13.5. The van der Waals surface area contributed by atoms with Crippen LogP contribution in [-0.4, -0.2) is 27.4 Å². The molecule has 0 saturated heterocycles. The largest absolute Gasteiger partial charge is 0.312 e. The van der Waals surface area contributed by atoms with Crippen LogP contribution in [0.3, 0.4) is 0 Å². The molecule has 102 valence electrons. The minimum Gasteiger partial charge on any atom is -0.312 e. The maximum Gasteiger partial charge on any atom is 0.147 e. The summed E-state index contributed by atoms with van der Waals surface area (Å²) in [7, 11) is 0. The molecule has 1 N–H and O–H groups in total. The van der Waals surface area contributed by atoms with Crippen molar-refractivity contribution in [2.75, 3.05) is 6.54 Å². The van der Waals surface area contributed by atoms with Gasteiger partial charge in [0.25, 0.3) is 0 Å². The predicted molar refractivity (Wildman–Crippen MR) is 73.5 cm³/mol. The van der Waals surface area contributed by atoms with Gasteiger partial charge in [-0.15, -0.1) is 0 Å². The Hall–Kier alpha value is -0.900. The van der Waals surface area contributed by atoms with Gasteiger partial charge in [0.15, 0.2) is 0 Å². The number of likely N-dealkylation sites (N-methyl/N-ethyl adjacent to an activating group) is 1. The maximum atomic E-state index is 4.49. The lowest BCUT2D eigenvalue weighted by atomic mass is 9.84. The summed E-state index contributed by atoms with van der Waals surface area (Å²) in [5, 5.41) is 8.14. The fourth-order valence-corrected chi connectivity index (χ4v) is 3.10. The molecule has 1 saturated carbocycles. The number of rotatable bonds is 5. The van der Waals surface area contributed by atoms with E-state index in [1.54, 1.807) is 0 Å². The van der Waals surface area contributed by atoms with Crippen molar-refractivity contribution in [3.8, 4) is 0 Å². The van der Waals surface area contributed by atoms with Crippen molar-refractivity contribution in [1.82, 2.24) is 20.1 Å². The second-order valence-electron chi connectivity index (χ2n) is 5.45. The third-order valence-electron chi connectivity index (χ3n) is 4.02. The van der Waals surface area contributed by atoms with Crippen molar-refractivity contribution in [3.05, 3.63) is 11.6 Å². The third kappa shape index (κ3) is 3.31. The molecule has 1 aromatic rings. The summed E-state index contributed by atoms with van der Waals surface area (Å²) in [5.41, 5.74) is 0. The molecule has 1 aliphatic rings. The van der Waals surface area contributed by atoms with Gasteiger partial charge in [0.2, 0.25) is 0 Å². The van der Waals surface area contributed by atoms with Crippen LogP contribution in [-0.2, 0) is 6.54 Å². The fourth-order valence-electron chi connectivity index (χ4n) is 3.10. The highest BCUT2D eigenvalue weighted by Crippen LogP contribution is 2.27. The van der Waals surface area contributed by atoms with Gasteiger partial charge in [-0.3, -0.25) is 0 Å². The molecule has 0 amide bonds. The molecule has 4 nitrogen and oxygen atoms in total. The first-order chi connectivity index (χ1) is 8.70. The molecule has 0 radical (unpaired) electrons.